The third-order valence-corrected chi connectivity index (χ3v) is 5.22. The van der Waals surface area contributed by atoms with Crippen LogP contribution in [0.25, 0.3) is 0 Å². The van der Waals surface area contributed by atoms with Gasteiger partial charge in [0.1, 0.15) is 0 Å². The minimum Gasteiger partial charge on any atom is -0.0984 e. The van der Waals surface area contributed by atoms with Crippen LogP contribution in [-0.2, 0) is 5.41 Å². The van der Waals surface area contributed by atoms with Crippen LogP contribution in [0.15, 0.2) is 42.5 Å². The van der Waals surface area contributed by atoms with Crippen molar-refractivity contribution in [2.24, 2.45) is 11.3 Å². The van der Waals surface area contributed by atoms with Gasteiger partial charge in [-0.15, -0.1) is 0 Å². The number of fused-ring (bicyclic) bond motifs is 2. The highest BCUT2D eigenvalue weighted by molar-refractivity contribution is 5.44. The molecule has 0 nitrogen and oxygen atoms in total. The molecule has 0 radical (unpaired) electrons. The number of allylic oxidation sites excluding steroid dienone is 1. The first-order chi connectivity index (χ1) is 7.57. The molecule has 0 spiro atoms. The fourth-order valence-corrected chi connectivity index (χ4v) is 3.99. The summed E-state index contributed by atoms with van der Waals surface area (Å²) in [6.45, 7) is 9.20. The van der Waals surface area contributed by atoms with Crippen LogP contribution in [-0.4, -0.2) is 0 Å². The fraction of sp³-hybridized carbons (Fsp3) is 0.500. The Morgan fingerprint density at radius 1 is 1.19 bits per heavy atom. The molecule has 2 unspecified atom stereocenters. The molecule has 16 heavy (non-hydrogen) atoms. The van der Waals surface area contributed by atoms with Crippen LogP contribution < -0.4 is 0 Å². The molecule has 2 fully saturated rings. The molecule has 2 atom stereocenters. The van der Waals surface area contributed by atoms with Gasteiger partial charge in [-0.3, -0.25) is 0 Å². The monoisotopic (exact) mass is 212 g/mol. The summed E-state index contributed by atoms with van der Waals surface area (Å²) in [7, 11) is 0. The van der Waals surface area contributed by atoms with Crippen molar-refractivity contribution in [3.05, 3.63) is 48.0 Å². The largest absolute Gasteiger partial charge is 0.0984 e. The van der Waals surface area contributed by atoms with E-state index in [9.17, 15) is 0 Å². The zero-order valence-electron chi connectivity index (χ0n) is 10.3. The molecule has 3 rings (SSSR count). The maximum Gasteiger partial charge on any atom is 0.0167 e. The highest BCUT2D eigenvalue weighted by Crippen LogP contribution is 2.65. The third-order valence-electron chi connectivity index (χ3n) is 5.22. The highest BCUT2D eigenvalue weighted by Gasteiger charge is 2.57. The first-order valence-corrected chi connectivity index (χ1v) is 6.33. The van der Waals surface area contributed by atoms with Gasteiger partial charge in [0.2, 0.25) is 0 Å². The van der Waals surface area contributed by atoms with Crippen molar-refractivity contribution in [3.8, 4) is 0 Å². The number of hydrogen-bond acceptors (Lipinski definition) is 0. The van der Waals surface area contributed by atoms with Gasteiger partial charge in [-0.25, -0.2) is 0 Å². The van der Waals surface area contributed by atoms with E-state index >= 15 is 0 Å². The molecule has 0 aromatic heterocycles. The summed E-state index contributed by atoms with van der Waals surface area (Å²) in [5, 5.41) is 0. The maximum absolute atomic E-state index is 4.44. The molecule has 1 aromatic carbocycles. The first-order valence-electron chi connectivity index (χ1n) is 6.33. The van der Waals surface area contributed by atoms with E-state index in [1.807, 2.05) is 0 Å². The van der Waals surface area contributed by atoms with E-state index in [0.717, 1.165) is 5.92 Å². The van der Waals surface area contributed by atoms with Gasteiger partial charge in [0, 0.05) is 5.41 Å². The molecule has 84 valence electrons. The predicted octanol–water partition coefficient (Wildman–Crippen LogP) is 4.32. The number of benzene rings is 1. The summed E-state index contributed by atoms with van der Waals surface area (Å²) >= 11 is 0. The predicted molar refractivity (Wildman–Crippen MR) is 68.4 cm³/mol. The number of rotatable bonds is 1. The molecular formula is C16H20. The van der Waals surface area contributed by atoms with E-state index in [1.54, 1.807) is 0 Å². The van der Waals surface area contributed by atoms with Crippen LogP contribution in [0.2, 0.25) is 0 Å². The van der Waals surface area contributed by atoms with Gasteiger partial charge in [-0.2, -0.15) is 0 Å². The van der Waals surface area contributed by atoms with Crippen LogP contribution >= 0.6 is 0 Å². The van der Waals surface area contributed by atoms with Gasteiger partial charge < -0.3 is 0 Å². The molecule has 2 saturated carbocycles. The summed E-state index contributed by atoms with van der Waals surface area (Å²) < 4.78 is 0. The summed E-state index contributed by atoms with van der Waals surface area (Å²) in [4.78, 5) is 0. The summed E-state index contributed by atoms with van der Waals surface area (Å²) in [6.07, 6.45) is 4.01. The molecular weight excluding hydrogens is 192 g/mol. The summed E-state index contributed by atoms with van der Waals surface area (Å²) in [5.41, 5.74) is 3.61. The van der Waals surface area contributed by atoms with Crippen molar-refractivity contribution >= 4 is 0 Å². The smallest absolute Gasteiger partial charge is 0.0167 e. The second kappa shape index (κ2) is 3.00. The number of hydrogen-bond donors (Lipinski definition) is 0. The molecule has 2 aliphatic rings. The highest BCUT2D eigenvalue weighted by atomic mass is 14.6. The van der Waals surface area contributed by atoms with Gasteiger partial charge in [0.05, 0.1) is 0 Å². The third kappa shape index (κ3) is 1.05. The lowest BCUT2D eigenvalue weighted by atomic mass is 9.66. The van der Waals surface area contributed by atoms with Crippen LogP contribution in [0.5, 0.6) is 0 Å². The second-order valence-corrected chi connectivity index (χ2v) is 6.09. The molecule has 0 aliphatic heterocycles. The van der Waals surface area contributed by atoms with Crippen LogP contribution in [0.3, 0.4) is 0 Å². The van der Waals surface area contributed by atoms with Crippen LogP contribution in [0, 0.1) is 11.3 Å². The van der Waals surface area contributed by atoms with Gasteiger partial charge in [0.15, 0.2) is 0 Å². The SMILES string of the molecule is C=C1C2(c3ccccc3)CCC(C2)C1(C)C. The lowest BCUT2D eigenvalue weighted by Crippen LogP contribution is -2.30. The van der Waals surface area contributed by atoms with Crippen molar-refractivity contribution in [3.63, 3.8) is 0 Å². The van der Waals surface area contributed by atoms with E-state index in [1.165, 1.54) is 30.4 Å². The lowest BCUT2D eigenvalue weighted by Gasteiger charge is -2.38. The first kappa shape index (κ1) is 10.1. The minimum absolute atomic E-state index is 0.301. The summed E-state index contributed by atoms with van der Waals surface area (Å²) in [6, 6.07) is 11.0. The Hall–Kier alpha value is -1.04. The molecule has 0 saturated heterocycles. The van der Waals surface area contributed by atoms with E-state index in [0.29, 0.717) is 10.8 Å². The van der Waals surface area contributed by atoms with Crippen molar-refractivity contribution in [1.29, 1.82) is 0 Å². The molecule has 2 aliphatic carbocycles. The molecule has 0 N–H and O–H groups in total. The van der Waals surface area contributed by atoms with E-state index in [2.05, 4.69) is 50.8 Å². The fourth-order valence-electron chi connectivity index (χ4n) is 3.99. The van der Waals surface area contributed by atoms with Crippen molar-refractivity contribution in [1.82, 2.24) is 0 Å². The van der Waals surface area contributed by atoms with E-state index in [4.69, 9.17) is 0 Å². The topological polar surface area (TPSA) is 0 Å². The second-order valence-electron chi connectivity index (χ2n) is 6.09. The Morgan fingerprint density at radius 2 is 1.88 bits per heavy atom. The van der Waals surface area contributed by atoms with Gasteiger partial charge in [-0.05, 0) is 36.2 Å². The Labute approximate surface area is 98.4 Å². The Morgan fingerprint density at radius 3 is 2.44 bits per heavy atom. The van der Waals surface area contributed by atoms with Crippen LogP contribution in [0.1, 0.15) is 38.7 Å². The maximum atomic E-state index is 4.44. The standard InChI is InChI=1S/C16H20/c1-12-15(2,3)14-9-10-16(12,11-14)13-7-5-4-6-8-13/h4-8,14H,1,9-11H2,2-3H3. The molecule has 0 heteroatoms. The average Bonchev–Trinajstić information content (AvgIpc) is 2.81. The van der Waals surface area contributed by atoms with Gasteiger partial charge >= 0.3 is 0 Å². The molecule has 2 bridgehead atoms. The molecule has 1 aromatic rings. The lowest BCUT2D eigenvalue weighted by molar-refractivity contribution is 0.284. The van der Waals surface area contributed by atoms with Crippen molar-refractivity contribution in [2.45, 2.75) is 38.5 Å². The quantitative estimate of drug-likeness (QED) is 0.608. The zero-order chi connectivity index (χ0) is 11.4. The molecule has 0 amide bonds. The van der Waals surface area contributed by atoms with Gasteiger partial charge in [0.25, 0.3) is 0 Å². The van der Waals surface area contributed by atoms with Gasteiger partial charge in [-0.1, -0.05) is 56.3 Å². The van der Waals surface area contributed by atoms with Crippen molar-refractivity contribution in [2.75, 3.05) is 0 Å². The van der Waals surface area contributed by atoms with Crippen LogP contribution in [0.4, 0.5) is 0 Å². The van der Waals surface area contributed by atoms with E-state index in [-0.39, 0.29) is 0 Å². The van der Waals surface area contributed by atoms with Crippen molar-refractivity contribution < 1.29 is 0 Å². The normalized spacial score (nSPS) is 35.6. The Kier molecular flexibility index (Phi) is 1.90. The molecule has 0 heterocycles. The Bertz CT molecular complexity index is 427. The van der Waals surface area contributed by atoms with E-state index < -0.39 is 0 Å². The Balaban J connectivity index is 2.11. The minimum atomic E-state index is 0.301. The average molecular weight is 212 g/mol. The zero-order valence-corrected chi connectivity index (χ0v) is 10.3. The summed E-state index contributed by atoms with van der Waals surface area (Å²) in [5.74, 6) is 0.847.